The molecule has 0 spiro atoms. The number of carbonyl (C=O) groups excluding carboxylic acids is 1. The Morgan fingerprint density at radius 3 is 2.57 bits per heavy atom. The number of halogens is 1. The number of nitrogens with one attached hydrogen (secondary N) is 1. The number of thiophene rings is 1. The van der Waals surface area contributed by atoms with Crippen LogP contribution in [-0.2, 0) is 5.41 Å². The van der Waals surface area contributed by atoms with Gasteiger partial charge in [-0.15, -0.1) is 11.3 Å². The number of hydrogen-bond donors (Lipinski definition) is 1. The molecule has 1 heterocycles. The van der Waals surface area contributed by atoms with Gasteiger partial charge in [-0.05, 0) is 29.1 Å². The third kappa shape index (κ3) is 3.77. The lowest BCUT2D eigenvalue weighted by Crippen LogP contribution is -2.36. The summed E-state index contributed by atoms with van der Waals surface area (Å²) in [6, 6.07) is 9.50. The zero-order valence-electron chi connectivity index (χ0n) is 12.3. The summed E-state index contributed by atoms with van der Waals surface area (Å²) in [5.41, 5.74) is 0.954. The maximum absolute atomic E-state index is 12.2. The van der Waals surface area contributed by atoms with E-state index in [0.717, 1.165) is 5.56 Å². The molecule has 1 aromatic heterocycles. The van der Waals surface area contributed by atoms with Crippen LogP contribution in [0.3, 0.4) is 0 Å². The smallest absolute Gasteiger partial charge is 0.265 e. The summed E-state index contributed by atoms with van der Waals surface area (Å²) in [5, 5.41) is 5.53. The SMILES string of the molecule is COc1ccsc1C(=O)NCC(C)(C)c1ccc(Cl)cc1. The second-order valence-corrected chi connectivity index (χ2v) is 6.74. The summed E-state index contributed by atoms with van der Waals surface area (Å²) in [6.45, 7) is 4.71. The largest absolute Gasteiger partial charge is 0.495 e. The number of methoxy groups -OCH3 is 1. The molecule has 0 atom stereocenters. The normalized spacial score (nSPS) is 11.2. The molecule has 0 bridgehead atoms. The highest BCUT2D eigenvalue weighted by molar-refractivity contribution is 7.12. The molecule has 2 aromatic rings. The van der Waals surface area contributed by atoms with Gasteiger partial charge < -0.3 is 10.1 Å². The molecule has 0 aliphatic carbocycles. The van der Waals surface area contributed by atoms with Gasteiger partial charge >= 0.3 is 0 Å². The van der Waals surface area contributed by atoms with Crippen LogP contribution < -0.4 is 10.1 Å². The van der Waals surface area contributed by atoms with E-state index in [2.05, 4.69) is 19.2 Å². The first kappa shape index (κ1) is 15.9. The minimum Gasteiger partial charge on any atom is -0.495 e. The predicted octanol–water partition coefficient (Wildman–Crippen LogP) is 4.12. The lowest BCUT2D eigenvalue weighted by atomic mass is 9.84. The van der Waals surface area contributed by atoms with Gasteiger partial charge in [-0.2, -0.15) is 0 Å². The van der Waals surface area contributed by atoms with Gasteiger partial charge in [-0.25, -0.2) is 0 Å². The summed E-state index contributed by atoms with van der Waals surface area (Å²) in [7, 11) is 1.57. The fourth-order valence-electron chi connectivity index (χ4n) is 2.01. The fraction of sp³-hybridized carbons (Fsp3) is 0.312. The lowest BCUT2D eigenvalue weighted by molar-refractivity contribution is 0.0947. The first-order valence-corrected chi connectivity index (χ1v) is 7.85. The Hall–Kier alpha value is -1.52. The molecule has 21 heavy (non-hydrogen) atoms. The van der Waals surface area contributed by atoms with Crippen molar-refractivity contribution in [1.82, 2.24) is 5.32 Å². The van der Waals surface area contributed by atoms with Crippen LogP contribution in [0, 0.1) is 0 Å². The van der Waals surface area contributed by atoms with Crippen molar-refractivity contribution < 1.29 is 9.53 Å². The van der Waals surface area contributed by atoms with Crippen LogP contribution >= 0.6 is 22.9 Å². The third-order valence-corrected chi connectivity index (χ3v) is 4.52. The van der Waals surface area contributed by atoms with E-state index in [1.807, 2.05) is 29.6 Å². The summed E-state index contributed by atoms with van der Waals surface area (Å²) in [4.78, 5) is 12.8. The summed E-state index contributed by atoms with van der Waals surface area (Å²) >= 11 is 7.28. The van der Waals surface area contributed by atoms with E-state index in [9.17, 15) is 4.79 Å². The minimum absolute atomic E-state index is 0.108. The molecule has 0 radical (unpaired) electrons. The van der Waals surface area contributed by atoms with Crippen molar-refractivity contribution in [2.24, 2.45) is 0 Å². The number of hydrogen-bond acceptors (Lipinski definition) is 3. The second-order valence-electron chi connectivity index (χ2n) is 5.39. The third-order valence-electron chi connectivity index (χ3n) is 3.37. The molecule has 0 aliphatic rings. The minimum atomic E-state index is -0.176. The van der Waals surface area contributed by atoms with Crippen molar-refractivity contribution in [2.45, 2.75) is 19.3 Å². The second kappa shape index (κ2) is 6.50. The topological polar surface area (TPSA) is 38.3 Å². The predicted molar refractivity (Wildman–Crippen MR) is 87.7 cm³/mol. The molecule has 112 valence electrons. The molecule has 0 saturated carbocycles. The van der Waals surface area contributed by atoms with Crippen LogP contribution in [0.5, 0.6) is 5.75 Å². The monoisotopic (exact) mass is 323 g/mol. The maximum atomic E-state index is 12.2. The highest BCUT2D eigenvalue weighted by Gasteiger charge is 2.23. The average Bonchev–Trinajstić information content (AvgIpc) is 2.94. The maximum Gasteiger partial charge on any atom is 0.265 e. The van der Waals surface area contributed by atoms with Gasteiger partial charge in [0.25, 0.3) is 5.91 Å². The van der Waals surface area contributed by atoms with Crippen molar-refractivity contribution in [1.29, 1.82) is 0 Å². The lowest BCUT2D eigenvalue weighted by Gasteiger charge is -2.25. The van der Waals surface area contributed by atoms with Gasteiger partial charge in [0.2, 0.25) is 0 Å². The Bertz CT molecular complexity index is 619. The number of benzene rings is 1. The molecule has 1 N–H and O–H groups in total. The average molecular weight is 324 g/mol. The molecule has 0 fully saturated rings. The van der Waals surface area contributed by atoms with E-state index in [1.54, 1.807) is 13.2 Å². The Labute approximate surface area is 133 Å². The van der Waals surface area contributed by atoms with Crippen molar-refractivity contribution in [2.75, 3.05) is 13.7 Å². The Balaban J connectivity index is 2.04. The van der Waals surface area contributed by atoms with Crippen LogP contribution in [-0.4, -0.2) is 19.6 Å². The summed E-state index contributed by atoms with van der Waals surface area (Å²) in [6.07, 6.45) is 0. The zero-order chi connectivity index (χ0) is 15.5. The number of amides is 1. The molecule has 1 aromatic carbocycles. The Kier molecular flexibility index (Phi) is 4.91. The van der Waals surface area contributed by atoms with Gasteiger partial charge in [0.05, 0.1) is 7.11 Å². The first-order valence-electron chi connectivity index (χ1n) is 6.60. The van der Waals surface area contributed by atoms with Crippen LogP contribution in [0.2, 0.25) is 5.02 Å². The van der Waals surface area contributed by atoms with Gasteiger partial charge in [0.15, 0.2) is 0 Å². The van der Waals surface area contributed by atoms with Gasteiger partial charge in [-0.1, -0.05) is 37.6 Å². The molecular weight excluding hydrogens is 306 g/mol. The number of carbonyl (C=O) groups is 1. The Morgan fingerprint density at radius 2 is 1.95 bits per heavy atom. The van der Waals surface area contributed by atoms with Gasteiger partial charge in [-0.3, -0.25) is 4.79 Å². The number of ether oxygens (including phenoxy) is 1. The van der Waals surface area contributed by atoms with Crippen molar-refractivity contribution in [3.05, 3.63) is 51.2 Å². The molecule has 0 unspecified atom stereocenters. The van der Waals surface area contributed by atoms with Crippen LogP contribution in [0.25, 0.3) is 0 Å². The standard InChI is InChI=1S/C16H18ClNO2S/c1-16(2,11-4-6-12(17)7-5-11)10-18-15(19)14-13(20-3)8-9-21-14/h4-9H,10H2,1-3H3,(H,18,19). The molecular formula is C16H18ClNO2S. The van der Waals surface area contributed by atoms with Crippen molar-refractivity contribution in [3.63, 3.8) is 0 Å². The zero-order valence-corrected chi connectivity index (χ0v) is 13.8. The van der Waals surface area contributed by atoms with Crippen LogP contribution in [0.15, 0.2) is 35.7 Å². The molecule has 0 aliphatic heterocycles. The van der Waals surface area contributed by atoms with Crippen molar-refractivity contribution in [3.8, 4) is 5.75 Å². The molecule has 0 saturated heterocycles. The van der Waals surface area contributed by atoms with Crippen molar-refractivity contribution >= 4 is 28.8 Å². The number of rotatable bonds is 5. The first-order chi connectivity index (χ1) is 9.94. The van der Waals surface area contributed by atoms with Crippen LogP contribution in [0.4, 0.5) is 0 Å². The molecule has 2 rings (SSSR count). The highest BCUT2D eigenvalue weighted by atomic mass is 35.5. The highest BCUT2D eigenvalue weighted by Crippen LogP contribution is 2.26. The van der Waals surface area contributed by atoms with Crippen LogP contribution in [0.1, 0.15) is 29.1 Å². The summed E-state index contributed by atoms with van der Waals surface area (Å²) in [5.74, 6) is 0.505. The molecule has 5 heteroatoms. The van der Waals surface area contributed by atoms with Gasteiger partial charge in [0.1, 0.15) is 10.6 Å². The van der Waals surface area contributed by atoms with E-state index in [1.165, 1.54) is 11.3 Å². The van der Waals surface area contributed by atoms with Gasteiger partial charge in [0, 0.05) is 17.0 Å². The van der Waals surface area contributed by atoms with E-state index in [-0.39, 0.29) is 11.3 Å². The summed E-state index contributed by atoms with van der Waals surface area (Å²) < 4.78 is 5.17. The van der Waals surface area contributed by atoms with E-state index < -0.39 is 0 Å². The quantitative estimate of drug-likeness (QED) is 0.899. The Morgan fingerprint density at radius 1 is 1.29 bits per heavy atom. The molecule has 1 amide bonds. The van der Waals surface area contributed by atoms with E-state index in [0.29, 0.717) is 22.2 Å². The van der Waals surface area contributed by atoms with E-state index >= 15 is 0 Å². The fourth-order valence-corrected chi connectivity index (χ4v) is 2.91. The van der Waals surface area contributed by atoms with E-state index in [4.69, 9.17) is 16.3 Å². The molecule has 3 nitrogen and oxygen atoms in total.